The van der Waals surface area contributed by atoms with Gasteiger partial charge in [-0.05, 0) is 30.3 Å². The Labute approximate surface area is 135 Å². The lowest BCUT2D eigenvalue weighted by atomic mass is 9.96. The highest BCUT2D eigenvalue weighted by Gasteiger charge is 2.68. The molecule has 4 rings (SSSR count). The predicted octanol–water partition coefficient (Wildman–Crippen LogP) is 4.17. The lowest BCUT2D eigenvalue weighted by molar-refractivity contribution is -0.188. The first-order valence-corrected chi connectivity index (χ1v) is 7.47. The van der Waals surface area contributed by atoms with E-state index in [-0.39, 0.29) is 17.3 Å². The van der Waals surface area contributed by atoms with Gasteiger partial charge < -0.3 is 9.47 Å². The molecule has 24 heavy (non-hydrogen) atoms. The Bertz CT molecular complexity index is 797. The van der Waals surface area contributed by atoms with Crippen molar-refractivity contribution in [1.82, 2.24) is 4.98 Å². The van der Waals surface area contributed by atoms with Gasteiger partial charge in [-0.15, -0.1) is 0 Å². The van der Waals surface area contributed by atoms with Crippen molar-refractivity contribution in [3.05, 3.63) is 47.4 Å². The molecular formula is C17H13F4NO2. The zero-order valence-electron chi connectivity index (χ0n) is 12.7. The average molecular weight is 339 g/mol. The van der Waals surface area contributed by atoms with Gasteiger partial charge in [-0.3, -0.25) is 0 Å². The van der Waals surface area contributed by atoms with Gasteiger partial charge in [0.05, 0.1) is 18.9 Å². The van der Waals surface area contributed by atoms with Crippen LogP contribution in [0.5, 0.6) is 5.75 Å². The van der Waals surface area contributed by atoms with Crippen LogP contribution in [-0.2, 0) is 10.3 Å². The van der Waals surface area contributed by atoms with E-state index in [4.69, 9.17) is 9.47 Å². The second kappa shape index (κ2) is 4.92. The Morgan fingerprint density at radius 2 is 1.88 bits per heavy atom. The van der Waals surface area contributed by atoms with Crippen LogP contribution in [0.15, 0.2) is 30.3 Å². The number of aromatic nitrogens is 1. The number of halogens is 4. The Morgan fingerprint density at radius 3 is 2.46 bits per heavy atom. The SMILES string of the molecule is C[C@@H]1COc2c1cc([C@]1(C(F)(F)F)CO1)nc2-c1ccc(F)cc1. The number of fused-ring (bicyclic) bond motifs is 1. The molecule has 1 aromatic heterocycles. The van der Waals surface area contributed by atoms with Crippen molar-refractivity contribution in [2.75, 3.05) is 13.2 Å². The first kappa shape index (κ1) is 15.4. The van der Waals surface area contributed by atoms with Crippen LogP contribution < -0.4 is 4.74 Å². The van der Waals surface area contributed by atoms with E-state index in [0.29, 0.717) is 23.5 Å². The summed E-state index contributed by atoms with van der Waals surface area (Å²) in [5.41, 5.74) is -1.07. The number of hydrogen-bond acceptors (Lipinski definition) is 3. The van der Waals surface area contributed by atoms with Gasteiger partial charge >= 0.3 is 6.18 Å². The number of ether oxygens (including phenoxy) is 2. The highest BCUT2D eigenvalue weighted by atomic mass is 19.4. The summed E-state index contributed by atoms with van der Waals surface area (Å²) in [6, 6.07) is 6.84. The number of hydrogen-bond donors (Lipinski definition) is 0. The fourth-order valence-electron chi connectivity index (χ4n) is 2.91. The maximum atomic E-state index is 13.4. The van der Waals surface area contributed by atoms with Crippen molar-refractivity contribution in [2.45, 2.75) is 24.6 Å². The molecule has 2 aliphatic heterocycles. The average Bonchev–Trinajstić information content (AvgIpc) is 3.28. The molecule has 0 bridgehead atoms. The summed E-state index contributed by atoms with van der Waals surface area (Å²) in [4.78, 5) is 4.19. The highest BCUT2D eigenvalue weighted by Crippen LogP contribution is 2.53. The summed E-state index contributed by atoms with van der Waals surface area (Å²) in [5, 5.41) is 0. The molecule has 1 saturated heterocycles. The lowest BCUT2D eigenvalue weighted by Gasteiger charge is -2.18. The Hall–Kier alpha value is -2.15. The number of pyridine rings is 1. The topological polar surface area (TPSA) is 34.6 Å². The zero-order chi connectivity index (χ0) is 17.1. The van der Waals surface area contributed by atoms with E-state index in [2.05, 4.69) is 4.98 Å². The van der Waals surface area contributed by atoms with Gasteiger partial charge in [0.2, 0.25) is 5.60 Å². The molecule has 0 unspecified atom stereocenters. The van der Waals surface area contributed by atoms with Gasteiger partial charge in [0, 0.05) is 17.0 Å². The Balaban J connectivity index is 1.91. The molecule has 0 aliphatic carbocycles. The standard InChI is InChI=1S/C17H13F4NO2/c1-9-7-23-15-12(9)6-13(16(8-24-16)17(19,20)21)22-14(15)10-2-4-11(18)5-3-10/h2-6,9H,7-8H2,1H3/t9-,16+/m1/s1. The molecule has 0 amide bonds. The molecule has 3 nitrogen and oxygen atoms in total. The van der Waals surface area contributed by atoms with Crippen molar-refractivity contribution in [3.63, 3.8) is 0 Å². The maximum absolute atomic E-state index is 13.4. The van der Waals surface area contributed by atoms with Gasteiger partial charge in [0.15, 0.2) is 0 Å². The second-order valence-electron chi connectivity index (χ2n) is 6.11. The van der Waals surface area contributed by atoms with Gasteiger partial charge in [0.1, 0.15) is 17.3 Å². The minimum Gasteiger partial charge on any atom is -0.490 e. The minimum absolute atomic E-state index is 0.0509. The van der Waals surface area contributed by atoms with Gasteiger partial charge in [-0.2, -0.15) is 13.2 Å². The van der Waals surface area contributed by atoms with Crippen LogP contribution in [0.2, 0.25) is 0 Å². The molecule has 2 aromatic rings. The number of benzene rings is 1. The predicted molar refractivity (Wildman–Crippen MR) is 77.2 cm³/mol. The van der Waals surface area contributed by atoms with Crippen molar-refractivity contribution >= 4 is 0 Å². The van der Waals surface area contributed by atoms with Crippen molar-refractivity contribution < 1.29 is 27.0 Å². The number of nitrogens with zero attached hydrogens (tertiary/aromatic N) is 1. The van der Waals surface area contributed by atoms with E-state index in [9.17, 15) is 17.6 Å². The Morgan fingerprint density at radius 1 is 1.21 bits per heavy atom. The normalized spacial score (nSPS) is 25.3. The third-order valence-electron chi connectivity index (χ3n) is 4.43. The van der Waals surface area contributed by atoms with Crippen LogP contribution in [-0.4, -0.2) is 24.4 Å². The lowest BCUT2D eigenvalue weighted by Crippen LogP contribution is -2.31. The number of epoxide rings is 1. The smallest absolute Gasteiger partial charge is 0.425 e. The molecule has 0 saturated carbocycles. The van der Waals surface area contributed by atoms with Crippen LogP contribution in [0.25, 0.3) is 11.3 Å². The van der Waals surface area contributed by atoms with Crippen molar-refractivity contribution in [3.8, 4) is 17.0 Å². The quantitative estimate of drug-likeness (QED) is 0.608. The van der Waals surface area contributed by atoms with Crippen molar-refractivity contribution in [2.24, 2.45) is 0 Å². The summed E-state index contributed by atoms with van der Waals surface area (Å²) in [6.07, 6.45) is -4.54. The first-order valence-electron chi connectivity index (χ1n) is 7.47. The first-order chi connectivity index (χ1) is 11.3. The molecule has 3 heterocycles. The van der Waals surface area contributed by atoms with E-state index >= 15 is 0 Å². The summed E-state index contributed by atoms with van der Waals surface area (Å²) < 4.78 is 63.7. The minimum atomic E-state index is -4.54. The molecule has 0 N–H and O–H groups in total. The summed E-state index contributed by atoms with van der Waals surface area (Å²) in [6.45, 7) is 1.80. The Kier molecular flexibility index (Phi) is 3.16. The molecule has 1 aromatic carbocycles. The maximum Gasteiger partial charge on any atom is 0.425 e. The monoisotopic (exact) mass is 339 g/mol. The molecular weight excluding hydrogens is 326 g/mol. The van der Waals surface area contributed by atoms with Crippen LogP contribution in [0, 0.1) is 5.82 Å². The van der Waals surface area contributed by atoms with Gasteiger partial charge in [0.25, 0.3) is 0 Å². The van der Waals surface area contributed by atoms with Crippen LogP contribution in [0.3, 0.4) is 0 Å². The van der Waals surface area contributed by atoms with E-state index in [1.165, 1.54) is 30.3 Å². The van der Waals surface area contributed by atoms with E-state index in [1.54, 1.807) is 0 Å². The summed E-state index contributed by atoms with van der Waals surface area (Å²) in [7, 11) is 0. The van der Waals surface area contributed by atoms with Gasteiger partial charge in [-0.25, -0.2) is 9.37 Å². The fraction of sp³-hybridized carbons (Fsp3) is 0.353. The summed E-state index contributed by atoms with van der Waals surface area (Å²) >= 11 is 0. The third kappa shape index (κ3) is 2.18. The van der Waals surface area contributed by atoms with E-state index < -0.39 is 24.2 Å². The van der Waals surface area contributed by atoms with Crippen LogP contribution >= 0.6 is 0 Å². The molecule has 1 fully saturated rings. The third-order valence-corrected chi connectivity index (χ3v) is 4.43. The number of alkyl halides is 3. The van der Waals surface area contributed by atoms with Crippen LogP contribution in [0.1, 0.15) is 24.1 Å². The van der Waals surface area contributed by atoms with Crippen molar-refractivity contribution in [1.29, 1.82) is 0 Å². The molecule has 0 spiro atoms. The molecule has 7 heteroatoms. The second-order valence-corrected chi connectivity index (χ2v) is 6.11. The molecule has 2 atom stereocenters. The van der Waals surface area contributed by atoms with E-state index in [1.807, 2.05) is 6.92 Å². The van der Waals surface area contributed by atoms with E-state index in [0.717, 1.165) is 0 Å². The van der Waals surface area contributed by atoms with Crippen LogP contribution in [0.4, 0.5) is 17.6 Å². The fourth-order valence-corrected chi connectivity index (χ4v) is 2.91. The molecule has 0 radical (unpaired) electrons. The molecule has 2 aliphatic rings. The number of rotatable bonds is 2. The largest absolute Gasteiger partial charge is 0.490 e. The zero-order valence-corrected chi connectivity index (χ0v) is 12.7. The summed E-state index contributed by atoms with van der Waals surface area (Å²) in [5.74, 6) is -0.0288. The molecule has 126 valence electrons. The highest BCUT2D eigenvalue weighted by molar-refractivity contribution is 5.70. The van der Waals surface area contributed by atoms with Gasteiger partial charge in [-0.1, -0.05) is 6.92 Å².